The van der Waals surface area contributed by atoms with E-state index >= 15 is 0 Å². The second-order valence-corrected chi connectivity index (χ2v) is 4.99. The largest absolute Gasteiger partial charge is 0.504 e. The topological polar surface area (TPSA) is 76.3 Å². The molecular formula is C17H14N2O2S. The molecule has 22 heavy (non-hydrogen) atoms. The third-order valence-electron chi connectivity index (χ3n) is 2.97. The molecular weight excluding hydrogens is 296 g/mol. The fourth-order valence-corrected chi connectivity index (χ4v) is 2.00. The van der Waals surface area contributed by atoms with Crippen LogP contribution in [0.15, 0.2) is 54.1 Å². The molecule has 0 amide bonds. The number of benzene rings is 2. The van der Waals surface area contributed by atoms with Crippen molar-refractivity contribution in [1.29, 1.82) is 5.26 Å². The van der Waals surface area contributed by atoms with E-state index in [1.54, 1.807) is 12.1 Å². The fourth-order valence-electron chi connectivity index (χ4n) is 1.82. The lowest BCUT2D eigenvalue weighted by atomic mass is 10.1. The van der Waals surface area contributed by atoms with Crippen molar-refractivity contribution < 1.29 is 10.2 Å². The van der Waals surface area contributed by atoms with Gasteiger partial charge in [-0.25, -0.2) is 0 Å². The summed E-state index contributed by atoms with van der Waals surface area (Å²) in [6.45, 7) is 0.527. The molecule has 0 radical (unpaired) electrons. The van der Waals surface area contributed by atoms with Gasteiger partial charge in [-0.15, -0.1) is 0 Å². The molecule has 0 bridgehead atoms. The highest BCUT2D eigenvalue weighted by molar-refractivity contribution is 7.80. The summed E-state index contributed by atoms with van der Waals surface area (Å²) >= 11 is 5.22. The van der Waals surface area contributed by atoms with Gasteiger partial charge < -0.3 is 15.5 Å². The van der Waals surface area contributed by atoms with E-state index in [2.05, 4.69) is 5.32 Å². The first-order valence-electron chi connectivity index (χ1n) is 6.56. The molecule has 2 aromatic carbocycles. The molecule has 0 atom stereocenters. The number of rotatable bonds is 4. The van der Waals surface area contributed by atoms with E-state index in [9.17, 15) is 15.5 Å². The van der Waals surface area contributed by atoms with Gasteiger partial charge >= 0.3 is 0 Å². The van der Waals surface area contributed by atoms with Gasteiger partial charge in [-0.2, -0.15) is 5.26 Å². The van der Waals surface area contributed by atoms with E-state index < -0.39 is 0 Å². The minimum Gasteiger partial charge on any atom is -0.504 e. The van der Waals surface area contributed by atoms with Crippen molar-refractivity contribution in [2.75, 3.05) is 0 Å². The predicted octanol–water partition coefficient (Wildman–Crippen LogP) is 3.12. The number of nitriles is 1. The van der Waals surface area contributed by atoms with Crippen LogP contribution in [0.3, 0.4) is 0 Å². The molecule has 0 spiro atoms. The summed E-state index contributed by atoms with van der Waals surface area (Å²) in [6.07, 6.45) is 1.56. The van der Waals surface area contributed by atoms with Crippen molar-refractivity contribution in [2.45, 2.75) is 6.54 Å². The first-order chi connectivity index (χ1) is 10.6. The van der Waals surface area contributed by atoms with Crippen molar-refractivity contribution >= 4 is 23.3 Å². The molecule has 0 aliphatic carbocycles. The van der Waals surface area contributed by atoms with Crippen molar-refractivity contribution in [3.05, 3.63) is 65.2 Å². The maximum Gasteiger partial charge on any atom is 0.157 e. The molecule has 2 aromatic rings. The van der Waals surface area contributed by atoms with Crippen LogP contribution in [0, 0.1) is 11.3 Å². The first-order valence-corrected chi connectivity index (χ1v) is 6.97. The maximum absolute atomic E-state index is 9.47. The highest BCUT2D eigenvalue weighted by atomic mass is 32.1. The van der Waals surface area contributed by atoms with Gasteiger partial charge in [0.25, 0.3) is 0 Å². The minimum atomic E-state index is -0.241. The summed E-state index contributed by atoms with van der Waals surface area (Å²) in [5.74, 6) is -0.449. The molecule has 2 rings (SSSR count). The Labute approximate surface area is 134 Å². The number of hydrogen-bond acceptors (Lipinski definition) is 4. The van der Waals surface area contributed by atoms with E-state index in [1.807, 2.05) is 36.4 Å². The van der Waals surface area contributed by atoms with Gasteiger partial charge in [0.1, 0.15) is 11.1 Å². The zero-order chi connectivity index (χ0) is 15.9. The molecule has 0 fully saturated rings. The lowest BCUT2D eigenvalue weighted by molar-refractivity contribution is 0.403. The van der Waals surface area contributed by atoms with Crippen molar-refractivity contribution in [3.8, 4) is 17.6 Å². The standard InChI is InChI=1S/C17H14N2O2S/c18-10-14(8-13-6-7-15(20)16(21)9-13)17(22)19-11-12-4-2-1-3-5-12/h1-9,20-21H,11H2,(H,19,22)/b14-8-. The Kier molecular flexibility index (Phi) is 5.12. The van der Waals surface area contributed by atoms with E-state index in [1.165, 1.54) is 12.1 Å². The molecule has 0 saturated carbocycles. The molecule has 0 aliphatic rings. The summed E-state index contributed by atoms with van der Waals surface area (Å²) in [6, 6.07) is 16.1. The van der Waals surface area contributed by atoms with Crippen LogP contribution in [-0.2, 0) is 6.54 Å². The molecule has 0 aliphatic heterocycles. The number of phenolic OH excluding ortho intramolecular Hbond substituents is 2. The Morgan fingerprint density at radius 1 is 1.14 bits per heavy atom. The highest BCUT2D eigenvalue weighted by Crippen LogP contribution is 2.25. The quantitative estimate of drug-likeness (QED) is 0.350. The lowest BCUT2D eigenvalue weighted by Gasteiger charge is -2.07. The smallest absolute Gasteiger partial charge is 0.157 e. The van der Waals surface area contributed by atoms with Gasteiger partial charge in [0.05, 0.1) is 5.57 Å². The van der Waals surface area contributed by atoms with E-state index in [-0.39, 0.29) is 17.1 Å². The average Bonchev–Trinajstić information content (AvgIpc) is 2.54. The number of phenols is 2. The summed E-state index contributed by atoms with van der Waals surface area (Å²) in [7, 11) is 0. The molecule has 0 heterocycles. The summed E-state index contributed by atoms with van der Waals surface area (Å²) in [4.78, 5) is 0.332. The summed E-state index contributed by atoms with van der Waals surface area (Å²) in [5, 5.41) is 31.0. The maximum atomic E-state index is 9.47. The van der Waals surface area contributed by atoms with Crippen LogP contribution in [0.2, 0.25) is 0 Å². The zero-order valence-electron chi connectivity index (χ0n) is 11.7. The number of thiocarbonyl (C=S) groups is 1. The Balaban J connectivity index is 2.10. The second-order valence-electron chi connectivity index (χ2n) is 4.59. The number of nitrogens with zero attached hydrogens (tertiary/aromatic N) is 1. The third-order valence-corrected chi connectivity index (χ3v) is 3.34. The van der Waals surface area contributed by atoms with Crippen LogP contribution >= 0.6 is 12.2 Å². The Morgan fingerprint density at radius 3 is 2.50 bits per heavy atom. The van der Waals surface area contributed by atoms with E-state index in [0.29, 0.717) is 17.1 Å². The molecule has 0 aromatic heterocycles. The predicted molar refractivity (Wildman–Crippen MR) is 89.2 cm³/mol. The number of nitrogens with one attached hydrogen (secondary N) is 1. The van der Waals surface area contributed by atoms with E-state index in [0.717, 1.165) is 5.56 Å². The molecule has 4 nitrogen and oxygen atoms in total. The van der Waals surface area contributed by atoms with Gasteiger partial charge in [0, 0.05) is 6.54 Å². The Morgan fingerprint density at radius 2 is 1.86 bits per heavy atom. The summed E-state index contributed by atoms with van der Waals surface area (Å²) in [5.41, 5.74) is 1.93. The van der Waals surface area contributed by atoms with E-state index in [4.69, 9.17) is 12.2 Å². The second kappa shape index (κ2) is 7.25. The van der Waals surface area contributed by atoms with Crippen LogP contribution in [0.25, 0.3) is 6.08 Å². The molecule has 0 unspecified atom stereocenters. The van der Waals surface area contributed by atoms with Gasteiger partial charge in [-0.05, 0) is 29.3 Å². The third kappa shape index (κ3) is 4.08. The monoisotopic (exact) mass is 310 g/mol. The highest BCUT2D eigenvalue weighted by Gasteiger charge is 2.06. The van der Waals surface area contributed by atoms with Crippen LogP contribution in [0.1, 0.15) is 11.1 Å². The molecule has 110 valence electrons. The van der Waals surface area contributed by atoms with Crippen LogP contribution in [-0.4, -0.2) is 15.2 Å². The molecule has 3 N–H and O–H groups in total. The van der Waals surface area contributed by atoms with Crippen molar-refractivity contribution in [3.63, 3.8) is 0 Å². The zero-order valence-corrected chi connectivity index (χ0v) is 12.5. The average molecular weight is 310 g/mol. The SMILES string of the molecule is N#C/C(=C/c1ccc(O)c(O)c1)C(=S)NCc1ccccc1. The van der Waals surface area contributed by atoms with Gasteiger partial charge in [0.2, 0.25) is 0 Å². The van der Waals surface area contributed by atoms with Crippen molar-refractivity contribution in [1.82, 2.24) is 5.32 Å². The lowest BCUT2D eigenvalue weighted by Crippen LogP contribution is -2.22. The minimum absolute atomic E-state index is 0.208. The van der Waals surface area contributed by atoms with Gasteiger partial charge in [-0.1, -0.05) is 48.6 Å². The Hall–Kier alpha value is -2.84. The fraction of sp³-hybridized carbons (Fsp3) is 0.0588. The molecule has 5 heteroatoms. The number of hydrogen-bond donors (Lipinski definition) is 3. The summed E-state index contributed by atoms with van der Waals surface area (Å²) < 4.78 is 0. The van der Waals surface area contributed by atoms with Crippen LogP contribution in [0.5, 0.6) is 11.5 Å². The Bertz CT molecular complexity index is 749. The number of aromatic hydroxyl groups is 2. The van der Waals surface area contributed by atoms with Gasteiger partial charge in [-0.3, -0.25) is 0 Å². The normalized spacial score (nSPS) is 10.8. The van der Waals surface area contributed by atoms with Crippen LogP contribution in [0.4, 0.5) is 0 Å². The van der Waals surface area contributed by atoms with Crippen molar-refractivity contribution in [2.24, 2.45) is 0 Å². The van der Waals surface area contributed by atoms with Crippen LogP contribution < -0.4 is 5.32 Å². The molecule has 0 saturated heterocycles. The van der Waals surface area contributed by atoms with Gasteiger partial charge in [0.15, 0.2) is 11.5 Å². The first kappa shape index (κ1) is 15.5.